The first-order chi connectivity index (χ1) is 12.0. The van der Waals surface area contributed by atoms with Crippen molar-refractivity contribution in [3.8, 4) is 0 Å². The van der Waals surface area contributed by atoms with Crippen molar-refractivity contribution in [3.05, 3.63) is 32.4 Å². The van der Waals surface area contributed by atoms with E-state index in [1.165, 1.54) is 25.7 Å². The molecule has 0 N–H and O–H groups in total. The summed E-state index contributed by atoms with van der Waals surface area (Å²) in [5, 5.41) is 21.5. The molecule has 0 aliphatic rings. The molecule has 143 valence electrons. The zero-order chi connectivity index (χ0) is 19.0. The fourth-order valence-corrected chi connectivity index (χ4v) is 2.64. The summed E-state index contributed by atoms with van der Waals surface area (Å²) < 4.78 is 0. The molecular weight excluding hydrogens is 324 g/mol. The molecule has 0 aromatic rings. The van der Waals surface area contributed by atoms with Crippen molar-refractivity contribution in [1.82, 2.24) is 0 Å². The first-order valence-corrected chi connectivity index (χ1v) is 9.34. The highest BCUT2D eigenvalue weighted by atomic mass is 16.7. The Bertz CT molecular complexity index is 410. The fraction of sp³-hybridized carbons (Fsp3) is 0.833. The predicted molar refractivity (Wildman–Crippen MR) is 97.2 cm³/mol. The summed E-state index contributed by atoms with van der Waals surface area (Å²) in [6, 6.07) is 0. The lowest BCUT2D eigenvalue weighted by atomic mass is 10.0. The molecule has 0 aromatic heterocycles. The van der Waals surface area contributed by atoms with Gasteiger partial charge in [-0.15, -0.1) is 0 Å². The van der Waals surface area contributed by atoms with E-state index in [4.69, 9.17) is 0 Å². The second-order valence-electron chi connectivity index (χ2n) is 6.41. The topological polar surface area (TPSA) is 103 Å². The Morgan fingerprint density at radius 1 is 0.800 bits per heavy atom. The van der Waals surface area contributed by atoms with Gasteiger partial charge in [-0.2, -0.15) is 0 Å². The Morgan fingerprint density at radius 3 is 1.68 bits per heavy atom. The highest BCUT2D eigenvalue weighted by Crippen LogP contribution is 2.19. The summed E-state index contributed by atoms with van der Waals surface area (Å²) in [6.07, 6.45) is 17.4. The van der Waals surface area contributed by atoms with Crippen LogP contribution in [0.4, 0.5) is 0 Å². The molecule has 0 fully saturated rings. The Balaban J connectivity index is 3.64. The predicted octanol–water partition coefficient (Wildman–Crippen LogP) is 4.99. The minimum absolute atomic E-state index is 0.287. The van der Waals surface area contributed by atoms with E-state index in [0.29, 0.717) is 6.42 Å². The molecule has 0 atom stereocenters. The van der Waals surface area contributed by atoms with Gasteiger partial charge < -0.3 is 0 Å². The van der Waals surface area contributed by atoms with Crippen LogP contribution in [-0.2, 0) is 4.79 Å². The third-order valence-corrected chi connectivity index (χ3v) is 4.30. The van der Waals surface area contributed by atoms with Crippen LogP contribution in [0.3, 0.4) is 0 Å². The zero-order valence-corrected chi connectivity index (χ0v) is 15.3. The van der Waals surface area contributed by atoms with E-state index in [1.54, 1.807) is 0 Å². The second kappa shape index (κ2) is 14.5. The van der Waals surface area contributed by atoms with Gasteiger partial charge in [0.15, 0.2) is 0 Å². The molecule has 0 unspecified atom stereocenters. The molecule has 0 saturated heterocycles. The number of rotatable bonds is 17. The molecule has 0 spiro atoms. The number of hydrogen-bond acceptors (Lipinski definition) is 5. The number of allylic oxidation sites excluding steroid dienone is 2. The van der Waals surface area contributed by atoms with Crippen molar-refractivity contribution in [2.45, 2.75) is 96.1 Å². The number of unbranched alkanes of at least 4 members (excludes halogenated alkanes) is 10. The standard InChI is InChI=1S/C18H31N2O5/c1-2-3-4-5-6-7-8-9-10-11-12-13-14-15-16-18(17-21,19(22)23)20(24)25/h7-8H,2-6,9-16H2,1H3/b8-7-. The molecule has 0 bridgehead atoms. The lowest BCUT2D eigenvalue weighted by Gasteiger charge is -2.09. The average Bonchev–Trinajstić information content (AvgIpc) is 2.58. The van der Waals surface area contributed by atoms with Crippen molar-refractivity contribution in [1.29, 1.82) is 0 Å². The van der Waals surface area contributed by atoms with E-state index in [1.807, 2.05) is 0 Å². The maximum atomic E-state index is 10.8. The van der Waals surface area contributed by atoms with Crippen LogP contribution < -0.4 is 0 Å². The molecule has 0 aliphatic carbocycles. The molecule has 0 saturated carbocycles. The maximum Gasteiger partial charge on any atom is 0.523 e. The van der Waals surface area contributed by atoms with Gasteiger partial charge in [0.1, 0.15) is 9.85 Å². The normalized spacial score (nSPS) is 11.7. The first kappa shape index (κ1) is 23.2. The van der Waals surface area contributed by atoms with Crippen LogP contribution in [0.1, 0.15) is 90.4 Å². The Hall–Kier alpha value is -1.79. The van der Waals surface area contributed by atoms with Crippen molar-refractivity contribution < 1.29 is 14.6 Å². The molecule has 0 amide bonds. The quantitative estimate of drug-likeness (QED) is 0.120. The van der Waals surface area contributed by atoms with E-state index < -0.39 is 21.9 Å². The lowest BCUT2D eigenvalue weighted by Crippen LogP contribution is -2.47. The molecule has 1 radical (unpaired) electrons. The minimum Gasteiger partial charge on any atom is -0.273 e. The van der Waals surface area contributed by atoms with Crippen molar-refractivity contribution >= 4 is 6.29 Å². The van der Waals surface area contributed by atoms with E-state index in [2.05, 4.69) is 19.1 Å². The Labute approximate surface area is 150 Å². The highest BCUT2D eigenvalue weighted by Gasteiger charge is 2.57. The van der Waals surface area contributed by atoms with Gasteiger partial charge in [-0.3, -0.25) is 25.0 Å². The average molecular weight is 355 g/mol. The molecule has 7 nitrogen and oxygen atoms in total. The zero-order valence-electron chi connectivity index (χ0n) is 15.3. The van der Waals surface area contributed by atoms with Gasteiger partial charge in [-0.25, -0.2) is 0 Å². The molecule has 0 rings (SSSR count). The number of carbonyl (C=O) groups excluding carboxylic acids is 1. The largest absolute Gasteiger partial charge is 0.523 e. The van der Waals surface area contributed by atoms with Crippen LogP contribution in [-0.4, -0.2) is 21.8 Å². The molecule has 0 aliphatic heterocycles. The van der Waals surface area contributed by atoms with Gasteiger partial charge in [0.05, 0.1) is 6.42 Å². The van der Waals surface area contributed by atoms with Gasteiger partial charge in [0, 0.05) is 0 Å². The van der Waals surface area contributed by atoms with Crippen molar-refractivity contribution in [3.63, 3.8) is 0 Å². The van der Waals surface area contributed by atoms with Gasteiger partial charge in [0.25, 0.3) is 0 Å². The molecule has 0 heterocycles. The smallest absolute Gasteiger partial charge is 0.273 e. The van der Waals surface area contributed by atoms with Gasteiger partial charge in [0.2, 0.25) is 0 Å². The lowest BCUT2D eigenvalue weighted by molar-refractivity contribution is -0.772. The van der Waals surface area contributed by atoms with E-state index >= 15 is 0 Å². The monoisotopic (exact) mass is 355 g/mol. The number of hydrogen-bond donors (Lipinski definition) is 0. The molecule has 0 aromatic carbocycles. The Morgan fingerprint density at radius 2 is 1.24 bits per heavy atom. The summed E-state index contributed by atoms with van der Waals surface area (Å²) >= 11 is 0. The van der Waals surface area contributed by atoms with Crippen molar-refractivity contribution in [2.24, 2.45) is 0 Å². The van der Waals surface area contributed by atoms with Crippen LogP contribution in [0.15, 0.2) is 12.2 Å². The summed E-state index contributed by atoms with van der Waals surface area (Å²) in [5.74, 6) is 0. The SMILES string of the molecule is CCCCCC/C=C\CCCCCCCCC([C]=O)([N+](=O)[O-])[N+](=O)[O-]. The van der Waals surface area contributed by atoms with E-state index in [0.717, 1.165) is 44.8 Å². The van der Waals surface area contributed by atoms with Crippen LogP contribution in [0.25, 0.3) is 0 Å². The van der Waals surface area contributed by atoms with Crippen LogP contribution >= 0.6 is 0 Å². The number of nitro groups is 2. The second-order valence-corrected chi connectivity index (χ2v) is 6.41. The van der Waals surface area contributed by atoms with Crippen LogP contribution in [0.5, 0.6) is 0 Å². The van der Waals surface area contributed by atoms with Crippen LogP contribution in [0.2, 0.25) is 0 Å². The van der Waals surface area contributed by atoms with Gasteiger partial charge in [-0.1, -0.05) is 64.0 Å². The van der Waals surface area contributed by atoms with Gasteiger partial charge in [-0.05, 0) is 32.1 Å². The third-order valence-electron chi connectivity index (χ3n) is 4.30. The molecular formula is C18H31N2O5. The molecule has 25 heavy (non-hydrogen) atoms. The van der Waals surface area contributed by atoms with E-state index in [-0.39, 0.29) is 6.42 Å². The fourth-order valence-electron chi connectivity index (χ4n) is 2.64. The minimum atomic E-state index is -2.79. The molecule has 7 heteroatoms. The third kappa shape index (κ3) is 9.94. The summed E-state index contributed by atoms with van der Waals surface area (Å²) in [7, 11) is 0. The van der Waals surface area contributed by atoms with Crippen LogP contribution in [0, 0.1) is 20.2 Å². The Kier molecular flexibility index (Phi) is 13.5. The van der Waals surface area contributed by atoms with Gasteiger partial charge >= 0.3 is 11.9 Å². The summed E-state index contributed by atoms with van der Waals surface area (Å²) in [5.41, 5.74) is -2.79. The van der Waals surface area contributed by atoms with Crippen molar-refractivity contribution in [2.75, 3.05) is 0 Å². The highest BCUT2D eigenvalue weighted by molar-refractivity contribution is 5.59. The maximum absolute atomic E-state index is 10.8. The number of nitrogens with zero attached hydrogens (tertiary/aromatic N) is 2. The summed E-state index contributed by atoms with van der Waals surface area (Å²) in [4.78, 5) is 29.9. The first-order valence-electron chi connectivity index (χ1n) is 9.34. The summed E-state index contributed by atoms with van der Waals surface area (Å²) in [6.45, 7) is 2.21. The van der Waals surface area contributed by atoms with E-state index in [9.17, 15) is 25.0 Å².